The van der Waals surface area contributed by atoms with Gasteiger partial charge in [0.05, 0.1) is 12.4 Å². The highest BCUT2D eigenvalue weighted by Gasteiger charge is 2.23. The van der Waals surface area contributed by atoms with E-state index in [1.165, 1.54) is 34.1 Å². The molecule has 29 heavy (non-hydrogen) atoms. The molecule has 0 spiro atoms. The Balaban J connectivity index is 1.57. The van der Waals surface area contributed by atoms with Crippen molar-refractivity contribution in [2.24, 2.45) is 0 Å². The zero-order chi connectivity index (χ0) is 20.4. The number of benzene rings is 2. The number of nitrogens with zero attached hydrogens (tertiary/aromatic N) is 4. The molecule has 0 aliphatic carbocycles. The van der Waals surface area contributed by atoms with Gasteiger partial charge in [-0.2, -0.15) is 4.98 Å². The average molecular weight is 388 g/mol. The van der Waals surface area contributed by atoms with Gasteiger partial charge in [0.25, 0.3) is 5.88 Å². The quantitative estimate of drug-likeness (QED) is 0.470. The third-order valence-electron chi connectivity index (χ3n) is 5.02. The number of aryl methyl sites for hydroxylation is 1. The summed E-state index contributed by atoms with van der Waals surface area (Å²) < 4.78 is 21.3. The molecule has 5 nitrogen and oxygen atoms in total. The number of pyridine rings is 1. The van der Waals surface area contributed by atoms with E-state index in [9.17, 15) is 4.39 Å². The first kappa shape index (κ1) is 18.8. The van der Waals surface area contributed by atoms with Crippen LogP contribution in [0.15, 0.2) is 73.1 Å². The van der Waals surface area contributed by atoms with E-state index in [1.807, 2.05) is 24.3 Å². The monoisotopic (exact) mass is 388 g/mol. The fourth-order valence-electron chi connectivity index (χ4n) is 3.13. The summed E-state index contributed by atoms with van der Waals surface area (Å²) in [6, 6.07) is 19.0. The third kappa shape index (κ3) is 3.87. The maximum atomic E-state index is 14.2. The topological polar surface area (TPSA) is 52.8 Å². The average Bonchev–Trinajstić information content (AvgIpc) is 3.25. The van der Waals surface area contributed by atoms with Crippen molar-refractivity contribution in [2.45, 2.75) is 26.2 Å². The van der Waals surface area contributed by atoms with Crippen LogP contribution in [0.5, 0.6) is 11.6 Å². The molecule has 2 aromatic carbocycles. The number of hydrogen-bond acceptors (Lipinski definition) is 4. The molecule has 0 unspecified atom stereocenters. The van der Waals surface area contributed by atoms with Gasteiger partial charge in [0, 0.05) is 5.41 Å². The van der Waals surface area contributed by atoms with Gasteiger partial charge in [-0.3, -0.25) is 0 Å². The zero-order valence-electron chi connectivity index (χ0n) is 16.5. The Labute approximate surface area is 168 Å². The van der Waals surface area contributed by atoms with E-state index < -0.39 is 5.82 Å². The smallest absolute Gasteiger partial charge is 0.257 e. The van der Waals surface area contributed by atoms with Crippen LogP contribution in [0.3, 0.4) is 0 Å². The molecule has 2 heterocycles. The van der Waals surface area contributed by atoms with Gasteiger partial charge >= 0.3 is 0 Å². The first-order chi connectivity index (χ1) is 13.9. The molecule has 0 aliphatic rings. The summed E-state index contributed by atoms with van der Waals surface area (Å²) in [5.74, 6) is 0.285. The molecule has 0 N–H and O–H groups in total. The van der Waals surface area contributed by atoms with Gasteiger partial charge in [-0.05, 0) is 42.3 Å². The van der Waals surface area contributed by atoms with Gasteiger partial charge in [0.1, 0.15) is 5.75 Å². The standard InChI is InChI=1S/C23H21FN4O/c1-16-4-6-17(7-5-16)23(2,3)18-8-10-19(11-9-18)29-22-20(24)12-13-21(26-22)28-15-14-25-27-28/h4-15H,1-3H3. The van der Waals surface area contributed by atoms with Crippen LogP contribution in [0.25, 0.3) is 5.82 Å². The minimum absolute atomic E-state index is 0.108. The van der Waals surface area contributed by atoms with Crippen LogP contribution >= 0.6 is 0 Å². The second-order valence-electron chi connectivity index (χ2n) is 7.42. The normalized spacial score (nSPS) is 11.4. The lowest BCUT2D eigenvalue weighted by Crippen LogP contribution is -2.18. The zero-order valence-corrected chi connectivity index (χ0v) is 16.5. The van der Waals surface area contributed by atoms with Gasteiger partial charge < -0.3 is 4.74 Å². The van der Waals surface area contributed by atoms with Crippen LogP contribution in [-0.4, -0.2) is 20.0 Å². The molecule has 146 valence electrons. The van der Waals surface area contributed by atoms with Crippen molar-refractivity contribution in [3.8, 4) is 17.4 Å². The van der Waals surface area contributed by atoms with Crippen molar-refractivity contribution in [1.82, 2.24) is 20.0 Å². The number of rotatable bonds is 5. The van der Waals surface area contributed by atoms with Crippen LogP contribution in [0, 0.1) is 12.7 Å². The van der Waals surface area contributed by atoms with E-state index in [2.05, 4.69) is 60.3 Å². The van der Waals surface area contributed by atoms with Crippen molar-refractivity contribution in [1.29, 1.82) is 0 Å². The molecule has 0 amide bonds. The van der Waals surface area contributed by atoms with Crippen LogP contribution in [-0.2, 0) is 5.41 Å². The third-order valence-corrected chi connectivity index (χ3v) is 5.02. The largest absolute Gasteiger partial charge is 0.436 e. The highest BCUT2D eigenvalue weighted by Crippen LogP contribution is 2.33. The molecule has 2 aromatic heterocycles. The SMILES string of the molecule is Cc1ccc(C(C)(C)c2ccc(Oc3nc(-n4ccnn4)ccc3F)cc2)cc1. The van der Waals surface area contributed by atoms with Gasteiger partial charge in [-0.25, -0.2) is 9.07 Å². The van der Waals surface area contributed by atoms with Crippen molar-refractivity contribution in [2.75, 3.05) is 0 Å². The van der Waals surface area contributed by atoms with Crippen molar-refractivity contribution in [3.05, 3.63) is 95.6 Å². The van der Waals surface area contributed by atoms with Crippen molar-refractivity contribution in [3.63, 3.8) is 0 Å². The van der Waals surface area contributed by atoms with E-state index in [4.69, 9.17) is 4.74 Å². The Morgan fingerprint density at radius 3 is 2.17 bits per heavy atom. The fraction of sp³-hybridized carbons (Fsp3) is 0.174. The molecular formula is C23H21FN4O. The lowest BCUT2D eigenvalue weighted by atomic mass is 9.78. The summed E-state index contributed by atoms with van der Waals surface area (Å²) in [7, 11) is 0. The Hall–Kier alpha value is -3.54. The maximum Gasteiger partial charge on any atom is 0.257 e. The summed E-state index contributed by atoms with van der Waals surface area (Å²) in [6.45, 7) is 6.43. The molecule has 0 aliphatic heterocycles. The van der Waals surface area contributed by atoms with E-state index in [0.717, 1.165) is 5.56 Å². The van der Waals surface area contributed by atoms with Crippen LogP contribution < -0.4 is 4.74 Å². The number of aromatic nitrogens is 4. The second-order valence-corrected chi connectivity index (χ2v) is 7.42. The summed E-state index contributed by atoms with van der Waals surface area (Å²) in [5, 5.41) is 7.60. The van der Waals surface area contributed by atoms with Gasteiger partial charge in [0.2, 0.25) is 0 Å². The molecule has 4 rings (SSSR count). The maximum absolute atomic E-state index is 14.2. The Bertz CT molecular complexity index is 1100. The summed E-state index contributed by atoms with van der Waals surface area (Å²) in [5.41, 5.74) is 3.43. The summed E-state index contributed by atoms with van der Waals surface area (Å²) >= 11 is 0. The molecule has 0 atom stereocenters. The van der Waals surface area contributed by atoms with Gasteiger partial charge in [0.15, 0.2) is 11.6 Å². The summed E-state index contributed by atoms with van der Waals surface area (Å²) in [6.07, 6.45) is 3.16. The molecule has 0 bridgehead atoms. The van der Waals surface area contributed by atoms with E-state index in [-0.39, 0.29) is 11.3 Å². The molecule has 4 aromatic rings. The fourth-order valence-corrected chi connectivity index (χ4v) is 3.13. The lowest BCUT2D eigenvalue weighted by molar-refractivity contribution is 0.421. The Morgan fingerprint density at radius 2 is 1.55 bits per heavy atom. The molecule has 0 saturated carbocycles. The van der Waals surface area contributed by atoms with E-state index in [0.29, 0.717) is 11.6 Å². The van der Waals surface area contributed by atoms with Crippen LogP contribution in [0.4, 0.5) is 4.39 Å². The molecule has 0 saturated heterocycles. The van der Waals surface area contributed by atoms with Crippen molar-refractivity contribution < 1.29 is 9.13 Å². The highest BCUT2D eigenvalue weighted by atomic mass is 19.1. The molecule has 0 fully saturated rings. The van der Waals surface area contributed by atoms with Crippen molar-refractivity contribution >= 4 is 0 Å². The number of ether oxygens (including phenoxy) is 1. The van der Waals surface area contributed by atoms with E-state index in [1.54, 1.807) is 6.20 Å². The molecule has 0 radical (unpaired) electrons. The van der Waals surface area contributed by atoms with Gasteiger partial charge in [-0.1, -0.05) is 61.0 Å². The predicted molar refractivity (Wildman–Crippen MR) is 109 cm³/mol. The molecular weight excluding hydrogens is 367 g/mol. The molecule has 6 heteroatoms. The summed E-state index contributed by atoms with van der Waals surface area (Å²) in [4.78, 5) is 4.20. The first-order valence-corrected chi connectivity index (χ1v) is 9.32. The van der Waals surface area contributed by atoms with Crippen LogP contribution in [0.1, 0.15) is 30.5 Å². The van der Waals surface area contributed by atoms with Crippen LogP contribution in [0.2, 0.25) is 0 Å². The highest BCUT2D eigenvalue weighted by molar-refractivity contribution is 5.41. The van der Waals surface area contributed by atoms with Gasteiger partial charge in [-0.15, -0.1) is 5.10 Å². The second kappa shape index (κ2) is 7.47. The van der Waals surface area contributed by atoms with E-state index >= 15 is 0 Å². The first-order valence-electron chi connectivity index (χ1n) is 9.32. The lowest BCUT2D eigenvalue weighted by Gasteiger charge is -2.26. The predicted octanol–water partition coefficient (Wildman–Crippen LogP) is 5.23. The number of halogens is 1. The minimum atomic E-state index is -0.544. The Morgan fingerprint density at radius 1 is 0.897 bits per heavy atom. The number of hydrogen-bond donors (Lipinski definition) is 0. The minimum Gasteiger partial charge on any atom is -0.436 e. The Kier molecular flexibility index (Phi) is 4.84.